The second kappa shape index (κ2) is 3.40. The van der Waals surface area contributed by atoms with Crippen LogP contribution in [0.3, 0.4) is 0 Å². The molecule has 0 saturated heterocycles. The van der Waals surface area contributed by atoms with E-state index in [4.69, 9.17) is 11.6 Å². The summed E-state index contributed by atoms with van der Waals surface area (Å²) in [4.78, 5) is 1.39. The fraction of sp³-hybridized carbons (Fsp3) is 0.500. The maximum absolute atomic E-state index is 5.75. The SMILES string of the molecule is CC(C)Cc1cc(Cl)cs1. The van der Waals surface area contributed by atoms with Crippen molar-refractivity contribution in [2.75, 3.05) is 0 Å². The summed E-state index contributed by atoms with van der Waals surface area (Å²) in [5.41, 5.74) is 0. The number of hydrogen-bond donors (Lipinski definition) is 0. The highest BCUT2D eigenvalue weighted by atomic mass is 35.5. The summed E-state index contributed by atoms with van der Waals surface area (Å²) in [6.45, 7) is 4.43. The first-order valence-corrected chi connectivity index (χ1v) is 4.67. The third-order valence-electron chi connectivity index (χ3n) is 1.23. The lowest BCUT2D eigenvalue weighted by molar-refractivity contribution is 0.654. The van der Waals surface area contributed by atoms with Gasteiger partial charge in [-0.05, 0) is 18.4 Å². The van der Waals surface area contributed by atoms with E-state index in [1.54, 1.807) is 11.3 Å². The van der Waals surface area contributed by atoms with E-state index in [9.17, 15) is 0 Å². The molecule has 0 fully saturated rings. The van der Waals surface area contributed by atoms with Gasteiger partial charge in [-0.3, -0.25) is 0 Å². The van der Waals surface area contributed by atoms with Gasteiger partial charge in [-0.1, -0.05) is 25.4 Å². The van der Waals surface area contributed by atoms with Crippen molar-refractivity contribution in [1.82, 2.24) is 0 Å². The molecule has 0 radical (unpaired) electrons. The van der Waals surface area contributed by atoms with Crippen molar-refractivity contribution in [1.29, 1.82) is 0 Å². The van der Waals surface area contributed by atoms with E-state index in [-0.39, 0.29) is 0 Å². The van der Waals surface area contributed by atoms with E-state index in [0.717, 1.165) is 17.4 Å². The van der Waals surface area contributed by atoms with Gasteiger partial charge in [0.05, 0.1) is 5.02 Å². The van der Waals surface area contributed by atoms with Crippen LogP contribution in [0.1, 0.15) is 18.7 Å². The van der Waals surface area contributed by atoms with Crippen LogP contribution < -0.4 is 0 Å². The molecule has 0 amide bonds. The monoisotopic (exact) mass is 174 g/mol. The Balaban J connectivity index is 2.58. The lowest BCUT2D eigenvalue weighted by Crippen LogP contribution is -1.89. The van der Waals surface area contributed by atoms with E-state index in [1.807, 2.05) is 11.4 Å². The molecule has 0 bridgehead atoms. The van der Waals surface area contributed by atoms with Crippen molar-refractivity contribution in [2.45, 2.75) is 20.3 Å². The zero-order chi connectivity index (χ0) is 7.56. The number of thiophene rings is 1. The Hall–Kier alpha value is -0.0100. The van der Waals surface area contributed by atoms with Crippen molar-refractivity contribution < 1.29 is 0 Å². The first-order chi connectivity index (χ1) is 4.68. The Labute approximate surface area is 70.8 Å². The van der Waals surface area contributed by atoms with E-state index in [0.29, 0.717) is 0 Å². The summed E-state index contributed by atoms with van der Waals surface area (Å²) >= 11 is 7.50. The molecule has 1 aromatic heterocycles. The van der Waals surface area contributed by atoms with Crippen molar-refractivity contribution in [3.63, 3.8) is 0 Å². The highest BCUT2D eigenvalue weighted by Gasteiger charge is 1.99. The van der Waals surface area contributed by atoms with Gasteiger partial charge in [0.25, 0.3) is 0 Å². The molecule has 0 N–H and O–H groups in total. The Kier molecular flexibility index (Phi) is 2.75. The molecule has 1 aromatic rings. The zero-order valence-corrected chi connectivity index (χ0v) is 7.80. The Morgan fingerprint density at radius 1 is 1.60 bits per heavy atom. The molecule has 0 nitrogen and oxygen atoms in total. The maximum Gasteiger partial charge on any atom is 0.0515 e. The predicted octanol–water partition coefficient (Wildman–Crippen LogP) is 3.60. The molecule has 0 spiro atoms. The van der Waals surface area contributed by atoms with Crippen molar-refractivity contribution in [2.24, 2.45) is 5.92 Å². The highest BCUT2D eigenvalue weighted by Crippen LogP contribution is 2.21. The largest absolute Gasteiger partial charge is 0.147 e. The molecule has 0 aliphatic heterocycles. The van der Waals surface area contributed by atoms with Gasteiger partial charge in [-0.25, -0.2) is 0 Å². The van der Waals surface area contributed by atoms with Crippen molar-refractivity contribution in [3.05, 3.63) is 21.3 Å². The van der Waals surface area contributed by atoms with Gasteiger partial charge in [0.2, 0.25) is 0 Å². The topological polar surface area (TPSA) is 0 Å². The Morgan fingerprint density at radius 2 is 2.30 bits per heavy atom. The standard InChI is InChI=1S/C8H11ClS/c1-6(2)3-8-4-7(9)5-10-8/h4-6H,3H2,1-2H3. The van der Waals surface area contributed by atoms with E-state index in [1.165, 1.54) is 4.88 Å². The molecule has 56 valence electrons. The first-order valence-electron chi connectivity index (χ1n) is 3.41. The smallest absolute Gasteiger partial charge is 0.0515 e. The fourth-order valence-corrected chi connectivity index (χ4v) is 2.15. The third kappa shape index (κ3) is 2.31. The molecule has 0 saturated carbocycles. The van der Waals surface area contributed by atoms with Crippen LogP contribution in [0.5, 0.6) is 0 Å². The molecular weight excluding hydrogens is 164 g/mol. The minimum absolute atomic E-state index is 0.731. The van der Waals surface area contributed by atoms with Gasteiger partial charge < -0.3 is 0 Å². The van der Waals surface area contributed by atoms with Gasteiger partial charge in [0, 0.05) is 10.3 Å². The summed E-state index contributed by atoms with van der Waals surface area (Å²) in [6, 6.07) is 2.05. The van der Waals surface area contributed by atoms with Gasteiger partial charge in [-0.2, -0.15) is 0 Å². The molecular formula is C8H11ClS. The van der Waals surface area contributed by atoms with Crippen LogP contribution in [-0.4, -0.2) is 0 Å². The summed E-state index contributed by atoms with van der Waals surface area (Å²) < 4.78 is 0. The maximum atomic E-state index is 5.75. The van der Waals surface area contributed by atoms with Gasteiger partial charge in [0.15, 0.2) is 0 Å². The van der Waals surface area contributed by atoms with Crippen LogP contribution in [0, 0.1) is 5.92 Å². The average molecular weight is 175 g/mol. The lowest BCUT2D eigenvalue weighted by atomic mass is 10.1. The number of halogens is 1. The molecule has 1 rings (SSSR count). The Bertz CT molecular complexity index is 203. The molecule has 2 heteroatoms. The predicted molar refractivity (Wildman–Crippen MR) is 47.9 cm³/mol. The summed E-state index contributed by atoms with van der Waals surface area (Å²) in [5, 5.41) is 2.86. The Morgan fingerprint density at radius 3 is 2.70 bits per heavy atom. The van der Waals surface area contributed by atoms with Crippen LogP contribution in [0.2, 0.25) is 5.02 Å². The fourth-order valence-electron chi connectivity index (χ4n) is 0.863. The summed E-state index contributed by atoms with van der Waals surface area (Å²) in [7, 11) is 0. The first kappa shape index (κ1) is 8.09. The van der Waals surface area contributed by atoms with E-state index < -0.39 is 0 Å². The molecule has 10 heavy (non-hydrogen) atoms. The second-order valence-corrected chi connectivity index (χ2v) is 4.26. The number of rotatable bonds is 2. The third-order valence-corrected chi connectivity index (χ3v) is 2.54. The van der Waals surface area contributed by atoms with Crippen LogP contribution >= 0.6 is 22.9 Å². The highest BCUT2D eigenvalue weighted by molar-refractivity contribution is 7.10. The summed E-state index contributed by atoms with van der Waals surface area (Å²) in [6.07, 6.45) is 1.15. The summed E-state index contributed by atoms with van der Waals surface area (Å²) in [5.74, 6) is 0.731. The van der Waals surface area contributed by atoms with E-state index >= 15 is 0 Å². The van der Waals surface area contributed by atoms with Crippen molar-refractivity contribution in [3.8, 4) is 0 Å². The van der Waals surface area contributed by atoms with E-state index in [2.05, 4.69) is 13.8 Å². The lowest BCUT2D eigenvalue weighted by Gasteiger charge is -1.98. The van der Waals surface area contributed by atoms with Crippen molar-refractivity contribution >= 4 is 22.9 Å². The van der Waals surface area contributed by atoms with Crippen LogP contribution in [0.4, 0.5) is 0 Å². The average Bonchev–Trinajstić information content (AvgIpc) is 2.13. The molecule has 1 heterocycles. The van der Waals surface area contributed by atoms with Crippen LogP contribution in [0.15, 0.2) is 11.4 Å². The molecule has 0 atom stereocenters. The van der Waals surface area contributed by atoms with Crippen LogP contribution in [-0.2, 0) is 6.42 Å². The van der Waals surface area contributed by atoms with Gasteiger partial charge in [-0.15, -0.1) is 11.3 Å². The molecule has 0 unspecified atom stereocenters. The molecule has 0 aliphatic carbocycles. The second-order valence-electron chi connectivity index (χ2n) is 2.83. The quantitative estimate of drug-likeness (QED) is 0.643. The van der Waals surface area contributed by atoms with Gasteiger partial charge in [0.1, 0.15) is 0 Å². The minimum Gasteiger partial charge on any atom is -0.147 e. The molecule has 0 aliphatic rings. The zero-order valence-electron chi connectivity index (χ0n) is 6.23. The van der Waals surface area contributed by atoms with Crippen LogP contribution in [0.25, 0.3) is 0 Å². The number of hydrogen-bond acceptors (Lipinski definition) is 1. The van der Waals surface area contributed by atoms with Gasteiger partial charge >= 0.3 is 0 Å². The minimum atomic E-state index is 0.731. The molecule has 0 aromatic carbocycles. The normalized spacial score (nSPS) is 10.8.